The number of hydrogen-bond donors (Lipinski definition) is 1. The predicted molar refractivity (Wildman–Crippen MR) is 80.5 cm³/mol. The van der Waals surface area contributed by atoms with Crippen molar-refractivity contribution < 1.29 is 14.3 Å². The topological polar surface area (TPSA) is 47.6 Å². The van der Waals surface area contributed by atoms with Gasteiger partial charge in [0.05, 0.1) is 19.3 Å². The second-order valence-corrected chi connectivity index (χ2v) is 6.26. The van der Waals surface area contributed by atoms with Crippen molar-refractivity contribution in [2.75, 3.05) is 13.2 Å². The Morgan fingerprint density at radius 2 is 1.90 bits per heavy atom. The third kappa shape index (κ3) is 3.31. The van der Waals surface area contributed by atoms with Gasteiger partial charge < -0.3 is 14.8 Å². The normalized spacial score (nSPS) is 19.0. The molecule has 1 heterocycles. The van der Waals surface area contributed by atoms with Gasteiger partial charge >= 0.3 is 0 Å². The van der Waals surface area contributed by atoms with Crippen LogP contribution in [0.4, 0.5) is 0 Å². The molecule has 1 unspecified atom stereocenters. The molecule has 1 aliphatic heterocycles. The number of benzene rings is 1. The lowest BCUT2D eigenvalue weighted by molar-refractivity contribution is -0.123. The van der Waals surface area contributed by atoms with Crippen molar-refractivity contribution in [3.05, 3.63) is 23.8 Å². The molecule has 0 radical (unpaired) electrons. The van der Waals surface area contributed by atoms with Gasteiger partial charge in [0.2, 0.25) is 5.91 Å². The lowest BCUT2D eigenvalue weighted by atomic mass is 9.95. The van der Waals surface area contributed by atoms with Crippen molar-refractivity contribution in [3.63, 3.8) is 0 Å². The first kappa shape index (κ1) is 14.2. The fourth-order valence-electron chi connectivity index (χ4n) is 2.62. The van der Waals surface area contributed by atoms with Gasteiger partial charge in [0.1, 0.15) is 0 Å². The highest BCUT2D eigenvalue weighted by molar-refractivity contribution is 5.81. The average molecular weight is 289 g/mol. The highest BCUT2D eigenvalue weighted by Crippen LogP contribution is 2.35. The van der Waals surface area contributed by atoms with E-state index in [-0.39, 0.29) is 17.9 Å². The summed E-state index contributed by atoms with van der Waals surface area (Å²) in [5, 5.41) is 3.18. The van der Waals surface area contributed by atoms with E-state index in [0.717, 1.165) is 36.3 Å². The van der Waals surface area contributed by atoms with E-state index in [1.54, 1.807) is 0 Å². The molecule has 1 fully saturated rings. The van der Waals surface area contributed by atoms with Gasteiger partial charge in [-0.1, -0.05) is 19.9 Å². The Morgan fingerprint density at radius 3 is 2.57 bits per heavy atom. The van der Waals surface area contributed by atoms with Crippen LogP contribution in [-0.4, -0.2) is 19.1 Å². The zero-order valence-electron chi connectivity index (χ0n) is 12.7. The number of carbonyl (C=O) groups excluding carboxylic acids is 1. The smallest absolute Gasteiger partial charge is 0.223 e. The Labute approximate surface area is 125 Å². The molecule has 0 bridgehead atoms. The molecule has 1 N–H and O–H groups in total. The minimum atomic E-state index is 0.0234. The van der Waals surface area contributed by atoms with Gasteiger partial charge in [-0.15, -0.1) is 0 Å². The van der Waals surface area contributed by atoms with E-state index in [4.69, 9.17) is 9.47 Å². The van der Waals surface area contributed by atoms with E-state index in [1.165, 1.54) is 0 Å². The van der Waals surface area contributed by atoms with E-state index in [0.29, 0.717) is 19.1 Å². The molecule has 4 heteroatoms. The lowest BCUT2D eigenvalue weighted by Crippen LogP contribution is -2.32. The molecule has 1 atom stereocenters. The van der Waals surface area contributed by atoms with Gasteiger partial charge in [0.25, 0.3) is 0 Å². The molecule has 0 spiro atoms. The Morgan fingerprint density at radius 1 is 1.19 bits per heavy atom. The van der Waals surface area contributed by atoms with Gasteiger partial charge in [-0.3, -0.25) is 4.79 Å². The Balaban J connectivity index is 1.81. The summed E-state index contributed by atoms with van der Waals surface area (Å²) in [5.74, 6) is 2.33. The minimum absolute atomic E-state index is 0.0234. The molecule has 21 heavy (non-hydrogen) atoms. The predicted octanol–water partition coefficient (Wildman–Crippen LogP) is 3.07. The van der Waals surface area contributed by atoms with E-state index in [1.807, 2.05) is 18.2 Å². The molecule has 0 saturated heterocycles. The SMILES string of the molecule is CC(C)C(NC(=O)C1CC1)c1ccc2c(c1)OCCCO2. The molecule has 1 amide bonds. The first-order valence-corrected chi connectivity index (χ1v) is 7.85. The van der Waals surface area contributed by atoms with E-state index < -0.39 is 0 Å². The van der Waals surface area contributed by atoms with Crippen molar-refractivity contribution in [2.45, 2.75) is 39.2 Å². The number of ether oxygens (including phenoxy) is 2. The zero-order chi connectivity index (χ0) is 14.8. The molecule has 2 aliphatic rings. The van der Waals surface area contributed by atoms with Crippen molar-refractivity contribution in [3.8, 4) is 11.5 Å². The largest absolute Gasteiger partial charge is 0.490 e. The fourth-order valence-corrected chi connectivity index (χ4v) is 2.62. The monoisotopic (exact) mass is 289 g/mol. The average Bonchev–Trinajstić information content (AvgIpc) is 3.29. The summed E-state index contributed by atoms with van der Waals surface area (Å²) in [5.41, 5.74) is 1.09. The number of hydrogen-bond acceptors (Lipinski definition) is 3. The molecule has 114 valence electrons. The standard InChI is InChI=1S/C17H23NO3/c1-11(2)16(18-17(19)12-4-5-12)13-6-7-14-15(10-13)21-9-3-8-20-14/h6-7,10-12,16H,3-5,8-9H2,1-2H3,(H,18,19). The summed E-state index contributed by atoms with van der Waals surface area (Å²) in [7, 11) is 0. The minimum Gasteiger partial charge on any atom is -0.490 e. The van der Waals surface area contributed by atoms with Crippen LogP contribution in [0.2, 0.25) is 0 Å². The number of nitrogens with one attached hydrogen (secondary N) is 1. The molecular formula is C17H23NO3. The lowest BCUT2D eigenvalue weighted by Gasteiger charge is -2.24. The summed E-state index contributed by atoms with van der Waals surface area (Å²) in [6.07, 6.45) is 2.95. The molecule has 1 aliphatic carbocycles. The van der Waals surface area contributed by atoms with E-state index in [2.05, 4.69) is 19.2 Å². The molecule has 1 aromatic rings. The van der Waals surface area contributed by atoms with Gasteiger partial charge in [-0.25, -0.2) is 0 Å². The number of rotatable bonds is 4. The quantitative estimate of drug-likeness (QED) is 0.926. The molecule has 0 aromatic heterocycles. The number of fused-ring (bicyclic) bond motifs is 1. The third-order valence-electron chi connectivity index (χ3n) is 4.04. The van der Waals surface area contributed by atoms with Crippen LogP contribution in [0.15, 0.2) is 18.2 Å². The first-order chi connectivity index (χ1) is 10.1. The third-order valence-corrected chi connectivity index (χ3v) is 4.04. The van der Waals surface area contributed by atoms with Crippen LogP contribution in [0, 0.1) is 11.8 Å². The Kier molecular flexibility index (Phi) is 4.04. The maximum atomic E-state index is 12.1. The van der Waals surface area contributed by atoms with Gasteiger partial charge in [0.15, 0.2) is 11.5 Å². The van der Waals surface area contributed by atoms with Crippen LogP contribution >= 0.6 is 0 Å². The van der Waals surface area contributed by atoms with Crippen LogP contribution in [-0.2, 0) is 4.79 Å². The van der Waals surface area contributed by atoms with Crippen molar-refractivity contribution in [1.82, 2.24) is 5.32 Å². The summed E-state index contributed by atoms with van der Waals surface area (Å²) in [4.78, 5) is 12.1. The molecular weight excluding hydrogens is 266 g/mol. The maximum Gasteiger partial charge on any atom is 0.223 e. The Hall–Kier alpha value is -1.71. The summed E-state index contributed by atoms with van der Waals surface area (Å²) in [6.45, 7) is 5.62. The highest BCUT2D eigenvalue weighted by atomic mass is 16.5. The molecule has 4 nitrogen and oxygen atoms in total. The second-order valence-electron chi connectivity index (χ2n) is 6.26. The highest BCUT2D eigenvalue weighted by Gasteiger charge is 2.32. The van der Waals surface area contributed by atoms with E-state index in [9.17, 15) is 4.79 Å². The Bertz CT molecular complexity index is 523. The maximum absolute atomic E-state index is 12.1. The fraction of sp³-hybridized carbons (Fsp3) is 0.588. The van der Waals surface area contributed by atoms with E-state index >= 15 is 0 Å². The molecule has 3 rings (SSSR count). The van der Waals surface area contributed by atoms with Crippen LogP contribution in [0.3, 0.4) is 0 Å². The second kappa shape index (κ2) is 5.96. The van der Waals surface area contributed by atoms with Crippen molar-refractivity contribution >= 4 is 5.91 Å². The number of amides is 1. The summed E-state index contributed by atoms with van der Waals surface area (Å²) in [6, 6.07) is 6.02. The van der Waals surface area contributed by atoms with Gasteiger partial charge in [0, 0.05) is 12.3 Å². The van der Waals surface area contributed by atoms with Crippen LogP contribution in [0.1, 0.15) is 44.7 Å². The number of carbonyl (C=O) groups is 1. The van der Waals surface area contributed by atoms with Gasteiger partial charge in [-0.2, -0.15) is 0 Å². The van der Waals surface area contributed by atoms with Crippen LogP contribution < -0.4 is 14.8 Å². The molecule has 1 aromatic carbocycles. The summed E-state index contributed by atoms with van der Waals surface area (Å²) >= 11 is 0. The van der Waals surface area contributed by atoms with Crippen LogP contribution in [0.25, 0.3) is 0 Å². The van der Waals surface area contributed by atoms with Crippen molar-refractivity contribution in [2.24, 2.45) is 11.8 Å². The van der Waals surface area contributed by atoms with Crippen LogP contribution in [0.5, 0.6) is 11.5 Å². The molecule has 1 saturated carbocycles. The van der Waals surface area contributed by atoms with Gasteiger partial charge in [-0.05, 0) is 36.5 Å². The van der Waals surface area contributed by atoms with Crippen molar-refractivity contribution in [1.29, 1.82) is 0 Å². The summed E-state index contributed by atoms with van der Waals surface area (Å²) < 4.78 is 11.4. The first-order valence-electron chi connectivity index (χ1n) is 7.85. The zero-order valence-corrected chi connectivity index (χ0v) is 12.7.